The van der Waals surface area contributed by atoms with Crippen LogP contribution in [0.1, 0.15) is 15.9 Å². The molecule has 3 aromatic rings. The third-order valence-electron chi connectivity index (χ3n) is 3.29. The van der Waals surface area contributed by atoms with Crippen molar-refractivity contribution >= 4 is 16.8 Å². The van der Waals surface area contributed by atoms with Crippen molar-refractivity contribution in [1.82, 2.24) is 15.5 Å². The summed E-state index contributed by atoms with van der Waals surface area (Å²) in [5, 5.41) is 10.1. The van der Waals surface area contributed by atoms with E-state index in [0.717, 1.165) is 10.9 Å². The zero-order valence-electron chi connectivity index (χ0n) is 12.2. The highest BCUT2D eigenvalue weighted by Gasteiger charge is 2.31. The number of carbonyl (C=O) groups is 1. The lowest BCUT2D eigenvalue weighted by molar-refractivity contribution is -0.274. The predicted molar refractivity (Wildman–Crippen MR) is 80.4 cm³/mol. The van der Waals surface area contributed by atoms with Gasteiger partial charge in [0.2, 0.25) is 0 Å². The van der Waals surface area contributed by atoms with Gasteiger partial charge in [-0.15, -0.1) is 13.2 Å². The van der Waals surface area contributed by atoms with Crippen molar-refractivity contribution in [1.29, 1.82) is 0 Å². The van der Waals surface area contributed by atoms with Gasteiger partial charge >= 0.3 is 6.36 Å². The van der Waals surface area contributed by atoms with Crippen LogP contribution in [0.4, 0.5) is 13.2 Å². The maximum absolute atomic E-state index is 12.2. The third kappa shape index (κ3) is 3.83. The summed E-state index contributed by atoms with van der Waals surface area (Å²) in [6.07, 6.45) is -3.15. The van der Waals surface area contributed by atoms with Gasteiger partial charge in [-0.2, -0.15) is 5.10 Å². The zero-order valence-corrected chi connectivity index (χ0v) is 12.2. The Balaban J connectivity index is 1.66. The molecule has 3 rings (SSSR count). The minimum absolute atomic E-state index is 0.0807. The van der Waals surface area contributed by atoms with E-state index in [1.165, 1.54) is 18.2 Å². The van der Waals surface area contributed by atoms with Gasteiger partial charge in [0.1, 0.15) is 5.75 Å². The summed E-state index contributed by atoms with van der Waals surface area (Å²) in [7, 11) is 0. The highest BCUT2D eigenvalue weighted by atomic mass is 19.4. The third-order valence-corrected chi connectivity index (χ3v) is 3.29. The Morgan fingerprint density at radius 1 is 1.21 bits per heavy atom. The molecule has 0 fully saturated rings. The number of rotatable bonds is 4. The molecule has 0 atom stereocenters. The van der Waals surface area contributed by atoms with Crippen LogP contribution in [0, 0.1) is 0 Å². The van der Waals surface area contributed by atoms with Crippen LogP contribution in [-0.2, 0) is 6.54 Å². The Bertz CT molecular complexity index is 874. The first-order valence-electron chi connectivity index (χ1n) is 6.97. The number of hydrogen-bond acceptors (Lipinski definition) is 3. The molecule has 1 heterocycles. The minimum Gasteiger partial charge on any atom is -0.406 e. The van der Waals surface area contributed by atoms with E-state index in [4.69, 9.17) is 0 Å². The second kappa shape index (κ2) is 6.23. The van der Waals surface area contributed by atoms with Crippen molar-refractivity contribution in [2.24, 2.45) is 0 Å². The number of hydrogen-bond donors (Lipinski definition) is 2. The largest absolute Gasteiger partial charge is 0.573 e. The molecule has 24 heavy (non-hydrogen) atoms. The highest BCUT2D eigenvalue weighted by Crippen LogP contribution is 2.23. The highest BCUT2D eigenvalue weighted by molar-refractivity contribution is 5.97. The number of fused-ring (bicyclic) bond motifs is 1. The zero-order chi connectivity index (χ0) is 17.2. The van der Waals surface area contributed by atoms with Crippen LogP contribution < -0.4 is 10.1 Å². The SMILES string of the molecule is O=C(NCc1cccc(OC(F)(F)F)c1)c1ccc2[nH]ncc2c1. The predicted octanol–water partition coefficient (Wildman–Crippen LogP) is 3.39. The van der Waals surface area contributed by atoms with E-state index in [1.54, 1.807) is 30.5 Å². The first kappa shape index (κ1) is 15.9. The molecule has 8 heteroatoms. The van der Waals surface area contributed by atoms with Gasteiger partial charge in [0.25, 0.3) is 5.91 Å². The molecule has 0 spiro atoms. The number of amides is 1. The smallest absolute Gasteiger partial charge is 0.406 e. The maximum Gasteiger partial charge on any atom is 0.573 e. The van der Waals surface area contributed by atoms with Crippen LogP contribution >= 0.6 is 0 Å². The molecule has 124 valence electrons. The first-order valence-corrected chi connectivity index (χ1v) is 6.97. The molecule has 0 saturated carbocycles. The van der Waals surface area contributed by atoms with E-state index in [1.807, 2.05) is 0 Å². The number of halogens is 3. The average Bonchev–Trinajstić information content (AvgIpc) is 2.99. The summed E-state index contributed by atoms with van der Waals surface area (Å²) >= 11 is 0. The molecule has 0 radical (unpaired) electrons. The molecule has 2 aromatic carbocycles. The quantitative estimate of drug-likeness (QED) is 0.768. The van der Waals surface area contributed by atoms with Crippen LogP contribution in [0.25, 0.3) is 10.9 Å². The first-order chi connectivity index (χ1) is 11.4. The molecule has 0 aliphatic carbocycles. The van der Waals surface area contributed by atoms with Gasteiger partial charge in [0.05, 0.1) is 11.7 Å². The number of nitrogens with one attached hydrogen (secondary N) is 2. The lowest BCUT2D eigenvalue weighted by Gasteiger charge is -2.10. The minimum atomic E-state index is -4.75. The normalized spacial score (nSPS) is 11.5. The number of alkyl halides is 3. The van der Waals surface area contributed by atoms with E-state index >= 15 is 0 Å². The van der Waals surface area contributed by atoms with E-state index in [2.05, 4.69) is 20.3 Å². The van der Waals surface area contributed by atoms with E-state index in [0.29, 0.717) is 11.1 Å². The molecule has 1 amide bonds. The number of ether oxygens (including phenoxy) is 1. The molecule has 5 nitrogen and oxygen atoms in total. The van der Waals surface area contributed by atoms with Crippen molar-refractivity contribution in [3.05, 3.63) is 59.8 Å². The summed E-state index contributed by atoms with van der Waals surface area (Å²) in [5.41, 5.74) is 1.74. The number of benzene rings is 2. The molecular formula is C16H12F3N3O2. The van der Waals surface area contributed by atoms with Gasteiger partial charge in [-0.05, 0) is 35.9 Å². The van der Waals surface area contributed by atoms with Gasteiger partial charge < -0.3 is 10.1 Å². The number of aromatic nitrogens is 2. The summed E-state index contributed by atoms with van der Waals surface area (Å²) in [4.78, 5) is 12.1. The monoisotopic (exact) mass is 335 g/mol. The van der Waals surface area contributed by atoms with Crippen LogP contribution in [0.3, 0.4) is 0 Å². The Hall–Kier alpha value is -3.03. The Morgan fingerprint density at radius 2 is 2.04 bits per heavy atom. The Kier molecular flexibility index (Phi) is 4.11. The van der Waals surface area contributed by atoms with Gasteiger partial charge in [0, 0.05) is 17.5 Å². The molecule has 0 unspecified atom stereocenters. The lowest BCUT2D eigenvalue weighted by Crippen LogP contribution is -2.23. The van der Waals surface area contributed by atoms with Crippen LogP contribution in [0.2, 0.25) is 0 Å². The van der Waals surface area contributed by atoms with Gasteiger partial charge in [-0.1, -0.05) is 12.1 Å². The number of carbonyl (C=O) groups excluding carboxylic acids is 1. The van der Waals surface area contributed by atoms with Gasteiger partial charge in [0.15, 0.2) is 0 Å². The Labute approximate surface area is 134 Å². The molecule has 0 aliphatic heterocycles. The maximum atomic E-state index is 12.2. The molecule has 0 bridgehead atoms. The Morgan fingerprint density at radius 3 is 2.83 bits per heavy atom. The summed E-state index contributed by atoms with van der Waals surface area (Å²) in [5.74, 6) is -0.658. The van der Waals surface area contributed by atoms with Crippen molar-refractivity contribution in [2.45, 2.75) is 12.9 Å². The summed E-state index contributed by atoms with van der Waals surface area (Å²) in [6, 6.07) is 10.5. The fraction of sp³-hybridized carbons (Fsp3) is 0.125. The molecule has 0 saturated heterocycles. The average molecular weight is 335 g/mol. The second-order valence-electron chi connectivity index (χ2n) is 5.05. The van der Waals surface area contributed by atoms with Crippen LogP contribution in [0.15, 0.2) is 48.7 Å². The van der Waals surface area contributed by atoms with Crippen molar-refractivity contribution in [3.8, 4) is 5.75 Å². The summed E-state index contributed by atoms with van der Waals surface area (Å²) in [6.45, 7) is 0.0807. The van der Waals surface area contributed by atoms with E-state index in [-0.39, 0.29) is 18.2 Å². The molecule has 1 aromatic heterocycles. The summed E-state index contributed by atoms with van der Waals surface area (Å²) < 4.78 is 40.5. The molecule has 2 N–H and O–H groups in total. The number of H-pyrrole nitrogens is 1. The van der Waals surface area contributed by atoms with Crippen molar-refractivity contribution in [3.63, 3.8) is 0 Å². The van der Waals surface area contributed by atoms with E-state index < -0.39 is 6.36 Å². The second-order valence-corrected chi connectivity index (χ2v) is 5.05. The lowest BCUT2D eigenvalue weighted by atomic mass is 10.1. The van der Waals surface area contributed by atoms with Crippen LogP contribution in [0.5, 0.6) is 5.75 Å². The van der Waals surface area contributed by atoms with Crippen LogP contribution in [-0.4, -0.2) is 22.5 Å². The van der Waals surface area contributed by atoms with Crippen molar-refractivity contribution in [2.75, 3.05) is 0 Å². The van der Waals surface area contributed by atoms with Crippen molar-refractivity contribution < 1.29 is 22.7 Å². The van der Waals surface area contributed by atoms with Gasteiger partial charge in [-0.25, -0.2) is 0 Å². The fourth-order valence-electron chi connectivity index (χ4n) is 2.22. The molecular weight excluding hydrogens is 323 g/mol. The fourth-order valence-corrected chi connectivity index (χ4v) is 2.22. The topological polar surface area (TPSA) is 67.0 Å². The number of aromatic amines is 1. The number of nitrogens with zero attached hydrogens (tertiary/aromatic N) is 1. The molecule has 0 aliphatic rings. The standard InChI is InChI=1S/C16H12F3N3O2/c17-16(18,19)24-13-3-1-2-10(6-13)8-20-15(23)11-4-5-14-12(7-11)9-21-22-14/h1-7,9H,8H2,(H,20,23)(H,21,22). The van der Waals surface area contributed by atoms with E-state index in [9.17, 15) is 18.0 Å². The van der Waals surface area contributed by atoms with Gasteiger partial charge in [-0.3, -0.25) is 9.89 Å².